The lowest BCUT2D eigenvalue weighted by Gasteiger charge is -2.35. The van der Waals surface area contributed by atoms with E-state index in [0.717, 1.165) is 28.7 Å². The van der Waals surface area contributed by atoms with Gasteiger partial charge >= 0.3 is 0 Å². The average molecular weight is 269 g/mol. The monoisotopic (exact) mass is 269 g/mol. The number of hydrogen-bond acceptors (Lipinski definition) is 4. The van der Waals surface area contributed by atoms with Gasteiger partial charge in [-0.15, -0.1) is 0 Å². The van der Waals surface area contributed by atoms with Gasteiger partial charge in [-0.25, -0.2) is 4.98 Å². The smallest absolute Gasteiger partial charge is 0.216 e. The van der Waals surface area contributed by atoms with Crippen molar-refractivity contribution in [3.63, 3.8) is 0 Å². The van der Waals surface area contributed by atoms with Crippen molar-refractivity contribution in [2.24, 2.45) is 0 Å². The quantitative estimate of drug-likeness (QED) is 0.470. The minimum Gasteiger partial charge on any atom is -0.300 e. The van der Waals surface area contributed by atoms with Gasteiger partial charge in [-0.3, -0.25) is 14.3 Å². The van der Waals surface area contributed by atoms with Crippen molar-refractivity contribution >= 4 is 29.0 Å². The fourth-order valence-electron chi connectivity index (χ4n) is 2.92. The SMILES string of the molecule is O=CSc1cnc2n1C1=CCC=CC13C=CC=CN23. The molecular weight excluding hydrogens is 258 g/mol. The summed E-state index contributed by atoms with van der Waals surface area (Å²) in [5.41, 5.74) is 1.74. The van der Waals surface area contributed by atoms with Gasteiger partial charge in [-0.1, -0.05) is 24.3 Å². The van der Waals surface area contributed by atoms with Crippen molar-refractivity contribution in [3.05, 3.63) is 48.9 Å². The zero-order valence-corrected chi connectivity index (χ0v) is 10.9. The Morgan fingerprint density at radius 2 is 2.32 bits per heavy atom. The van der Waals surface area contributed by atoms with Crippen molar-refractivity contribution in [3.8, 4) is 0 Å². The molecule has 1 unspecified atom stereocenters. The van der Waals surface area contributed by atoms with Crippen LogP contribution in [0.5, 0.6) is 0 Å². The Hall–Kier alpha value is -2.01. The number of aromatic nitrogens is 2. The molecule has 1 atom stereocenters. The molecule has 94 valence electrons. The van der Waals surface area contributed by atoms with E-state index in [0.29, 0.717) is 0 Å². The van der Waals surface area contributed by atoms with E-state index in [4.69, 9.17) is 0 Å². The summed E-state index contributed by atoms with van der Waals surface area (Å²) < 4.78 is 2.07. The van der Waals surface area contributed by atoms with Gasteiger partial charge in [-0.05, 0) is 30.3 Å². The van der Waals surface area contributed by atoms with Crippen LogP contribution in [0.25, 0.3) is 5.70 Å². The Kier molecular flexibility index (Phi) is 2.14. The molecule has 0 amide bonds. The number of anilines is 1. The summed E-state index contributed by atoms with van der Waals surface area (Å²) in [6.45, 7) is 0. The van der Waals surface area contributed by atoms with E-state index >= 15 is 0 Å². The number of allylic oxidation sites excluding steroid dienone is 4. The fourth-order valence-corrected chi connectivity index (χ4v) is 3.42. The molecule has 0 saturated heterocycles. The lowest BCUT2D eigenvalue weighted by atomic mass is 9.88. The Bertz CT molecular complexity index is 683. The summed E-state index contributed by atoms with van der Waals surface area (Å²) in [4.78, 5) is 17.4. The first-order chi connectivity index (χ1) is 9.37. The molecule has 0 radical (unpaired) electrons. The lowest BCUT2D eigenvalue weighted by Crippen LogP contribution is -2.41. The van der Waals surface area contributed by atoms with E-state index in [-0.39, 0.29) is 5.54 Å². The van der Waals surface area contributed by atoms with Crippen LogP contribution in [0.2, 0.25) is 0 Å². The molecule has 2 aliphatic heterocycles. The molecule has 0 aromatic carbocycles. The van der Waals surface area contributed by atoms with Crippen LogP contribution in [0.3, 0.4) is 0 Å². The van der Waals surface area contributed by atoms with E-state index in [1.807, 2.05) is 12.3 Å². The van der Waals surface area contributed by atoms with Gasteiger partial charge < -0.3 is 0 Å². The maximum Gasteiger partial charge on any atom is 0.216 e. The second kappa shape index (κ2) is 3.74. The van der Waals surface area contributed by atoms with Crippen molar-refractivity contribution in [2.45, 2.75) is 17.0 Å². The highest BCUT2D eigenvalue weighted by atomic mass is 32.2. The first kappa shape index (κ1) is 10.9. The van der Waals surface area contributed by atoms with Gasteiger partial charge in [0.25, 0.3) is 0 Å². The van der Waals surface area contributed by atoms with E-state index in [9.17, 15) is 4.79 Å². The predicted octanol–water partition coefficient (Wildman–Crippen LogP) is 2.61. The molecule has 19 heavy (non-hydrogen) atoms. The van der Waals surface area contributed by atoms with Crippen LogP contribution in [0, 0.1) is 0 Å². The Balaban J connectivity index is 1.98. The second-order valence-corrected chi connectivity index (χ2v) is 5.42. The number of carbonyl (C=O) groups is 1. The lowest BCUT2D eigenvalue weighted by molar-refractivity contribution is 0.570. The zero-order valence-electron chi connectivity index (χ0n) is 10.1. The van der Waals surface area contributed by atoms with Crippen LogP contribution < -0.4 is 4.90 Å². The van der Waals surface area contributed by atoms with E-state index in [2.05, 4.69) is 44.8 Å². The fraction of sp³-hybridized carbons (Fsp3) is 0.143. The first-order valence-electron chi connectivity index (χ1n) is 6.09. The summed E-state index contributed by atoms with van der Waals surface area (Å²) in [7, 11) is 0. The number of hydrogen-bond donors (Lipinski definition) is 0. The van der Waals surface area contributed by atoms with Crippen molar-refractivity contribution < 1.29 is 4.79 Å². The molecule has 5 heteroatoms. The largest absolute Gasteiger partial charge is 0.300 e. The summed E-state index contributed by atoms with van der Waals surface area (Å²) >= 11 is 1.17. The molecule has 0 fully saturated rings. The number of carbonyl (C=O) groups excluding carboxylic acids is 1. The van der Waals surface area contributed by atoms with Gasteiger partial charge in [0.1, 0.15) is 10.6 Å². The number of nitrogens with zero attached hydrogens (tertiary/aromatic N) is 3. The third-order valence-corrected chi connectivity index (χ3v) is 4.29. The van der Waals surface area contributed by atoms with Crippen LogP contribution in [0.1, 0.15) is 6.42 Å². The average Bonchev–Trinajstić information content (AvgIpc) is 2.96. The minimum absolute atomic E-state index is 0.269. The number of imidazole rings is 1. The normalized spacial score (nSPS) is 25.9. The third kappa shape index (κ3) is 1.25. The highest BCUT2D eigenvalue weighted by Gasteiger charge is 2.47. The number of rotatable bonds is 2. The maximum absolute atomic E-state index is 10.8. The van der Waals surface area contributed by atoms with Crippen LogP contribution >= 0.6 is 11.8 Å². The predicted molar refractivity (Wildman–Crippen MR) is 76.4 cm³/mol. The highest BCUT2D eigenvalue weighted by Crippen LogP contribution is 2.48. The van der Waals surface area contributed by atoms with Gasteiger partial charge in [-0.2, -0.15) is 0 Å². The van der Waals surface area contributed by atoms with Crippen LogP contribution in [-0.2, 0) is 4.79 Å². The van der Waals surface area contributed by atoms with E-state index in [1.165, 1.54) is 11.8 Å². The molecule has 3 heterocycles. The minimum atomic E-state index is -0.269. The summed E-state index contributed by atoms with van der Waals surface area (Å²) in [5.74, 6) is 0.864. The molecule has 1 spiro atoms. The second-order valence-electron chi connectivity index (χ2n) is 4.57. The Morgan fingerprint density at radius 3 is 3.21 bits per heavy atom. The molecule has 3 aliphatic rings. The van der Waals surface area contributed by atoms with Crippen molar-refractivity contribution in [1.29, 1.82) is 0 Å². The summed E-state index contributed by atoms with van der Waals surface area (Å²) in [5, 5.41) is 0.863. The first-order valence-corrected chi connectivity index (χ1v) is 6.97. The van der Waals surface area contributed by atoms with Crippen LogP contribution in [0.4, 0.5) is 5.95 Å². The molecule has 0 bridgehead atoms. The molecule has 4 nitrogen and oxygen atoms in total. The van der Waals surface area contributed by atoms with Crippen molar-refractivity contribution in [2.75, 3.05) is 4.90 Å². The standard InChI is InChI=1S/C14H11N3OS/c18-10-19-12-9-15-13-16-8-4-3-7-14(16)6-2-1-5-11(14)17(12)13/h2-10H,1H2. The molecule has 0 N–H and O–H groups in total. The van der Waals surface area contributed by atoms with Gasteiger partial charge in [0, 0.05) is 6.20 Å². The molecule has 4 rings (SSSR count). The van der Waals surface area contributed by atoms with Gasteiger partial charge in [0.2, 0.25) is 5.95 Å². The summed E-state index contributed by atoms with van der Waals surface area (Å²) in [6, 6.07) is 0. The molecule has 1 aromatic rings. The number of thioether (sulfide) groups is 1. The van der Waals surface area contributed by atoms with Crippen LogP contribution in [-0.4, -0.2) is 20.7 Å². The van der Waals surface area contributed by atoms with Crippen LogP contribution in [0.15, 0.2) is 53.9 Å². The van der Waals surface area contributed by atoms with Crippen molar-refractivity contribution in [1.82, 2.24) is 9.55 Å². The zero-order chi connectivity index (χ0) is 12.9. The van der Waals surface area contributed by atoms with Gasteiger partial charge in [0.05, 0.1) is 11.9 Å². The van der Waals surface area contributed by atoms with E-state index in [1.54, 1.807) is 6.20 Å². The molecule has 1 aromatic heterocycles. The van der Waals surface area contributed by atoms with Gasteiger partial charge in [0.15, 0.2) is 5.62 Å². The van der Waals surface area contributed by atoms with E-state index < -0.39 is 0 Å². The molecule has 1 aliphatic carbocycles. The topological polar surface area (TPSA) is 38.1 Å². The number of fused-ring (bicyclic) bond motifs is 3. The third-order valence-electron chi connectivity index (χ3n) is 3.66. The Labute approximate surface area is 114 Å². The maximum atomic E-state index is 10.8. The molecule has 0 saturated carbocycles. The Morgan fingerprint density at radius 1 is 1.37 bits per heavy atom. The molecular formula is C14H11N3OS. The highest BCUT2D eigenvalue weighted by molar-refractivity contribution is 8.11. The summed E-state index contributed by atoms with van der Waals surface area (Å²) in [6.07, 6.45) is 17.5.